The van der Waals surface area contributed by atoms with E-state index in [2.05, 4.69) is 20.2 Å². The van der Waals surface area contributed by atoms with Crippen LogP contribution in [0, 0.1) is 0 Å². The van der Waals surface area contributed by atoms with Crippen LogP contribution in [-0.4, -0.2) is 44.0 Å². The van der Waals surface area contributed by atoms with Crippen molar-refractivity contribution >= 4 is 49.1 Å². The summed E-state index contributed by atoms with van der Waals surface area (Å²) in [6, 6.07) is 9.89. The van der Waals surface area contributed by atoms with E-state index in [1.165, 1.54) is 0 Å². The van der Waals surface area contributed by atoms with Gasteiger partial charge in [-0.3, -0.25) is 10.3 Å². The monoisotopic (exact) mass is 384 g/mol. The first-order valence-electron chi connectivity index (χ1n) is 6.63. The molecule has 0 unspecified atom stereocenters. The molecule has 0 radical (unpaired) electrons. The van der Waals surface area contributed by atoms with Gasteiger partial charge in [0.25, 0.3) is 0 Å². The van der Waals surface area contributed by atoms with Crippen molar-refractivity contribution in [1.29, 1.82) is 0 Å². The summed E-state index contributed by atoms with van der Waals surface area (Å²) in [6.45, 7) is 2.17. The smallest absolute Gasteiger partial charge is 0.195 e. The first-order valence-corrected chi connectivity index (χ1v) is 6.63. The summed E-state index contributed by atoms with van der Waals surface area (Å²) < 4.78 is 0. The van der Waals surface area contributed by atoms with Crippen molar-refractivity contribution in [3.05, 3.63) is 35.9 Å². The molecule has 0 fully saturated rings. The maximum Gasteiger partial charge on any atom is 0.195 e. The minimum absolute atomic E-state index is 0. The number of halogens is 3. The van der Waals surface area contributed by atoms with E-state index < -0.39 is 0 Å². The van der Waals surface area contributed by atoms with Crippen LogP contribution >= 0.6 is 37.2 Å². The maximum absolute atomic E-state index is 5.74. The zero-order chi connectivity index (χ0) is 14.8. The number of nitrogens with zero attached hydrogens (tertiary/aromatic N) is 3. The molecule has 23 heavy (non-hydrogen) atoms. The van der Waals surface area contributed by atoms with Gasteiger partial charge in [-0.25, -0.2) is 4.99 Å². The first kappa shape index (κ1) is 26.7. The molecule has 134 valence electrons. The highest BCUT2D eigenvalue weighted by Gasteiger charge is 1.96. The molecule has 0 aliphatic rings. The van der Waals surface area contributed by atoms with Gasteiger partial charge >= 0.3 is 0 Å². The molecule has 1 aromatic carbocycles. The van der Waals surface area contributed by atoms with Crippen molar-refractivity contribution in [3.63, 3.8) is 0 Å². The molecule has 0 atom stereocenters. The fourth-order valence-electron chi connectivity index (χ4n) is 1.56. The second kappa shape index (κ2) is 15.7. The number of hydrogen-bond donors (Lipinski definition) is 3. The van der Waals surface area contributed by atoms with E-state index in [0.29, 0.717) is 19.0 Å². The van der Waals surface area contributed by atoms with E-state index in [0.717, 1.165) is 18.5 Å². The van der Waals surface area contributed by atoms with Gasteiger partial charge < -0.3 is 16.4 Å². The molecule has 0 bridgehead atoms. The zero-order valence-corrected chi connectivity index (χ0v) is 15.9. The van der Waals surface area contributed by atoms with Crippen molar-refractivity contribution in [2.45, 2.75) is 13.0 Å². The Bertz CT molecular complexity index is 451. The van der Waals surface area contributed by atoms with E-state index in [-0.39, 0.29) is 43.2 Å². The number of aliphatic imine (C=N–C) groups is 2. The van der Waals surface area contributed by atoms with Crippen LogP contribution < -0.4 is 16.8 Å². The Morgan fingerprint density at radius 1 is 1.00 bits per heavy atom. The Hall–Kier alpha value is -1.21. The summed E-state index contributed by atoms with van der Waals surface area (Å²) in [6.07, 6.45) is 0.955. The quantitative estimate of drug-likeness (QED) is 0.394. The molecule has 0 aromatic heterocycles. The first-order chi connectivity index (χ1) is 9.58. The second-order valence-electron chi connectivity index (χ2n) is 4.74. The van der Waals surface area contributed by atoms with Crippen LogP contribution in [0.3, 0.4) is 0 Å². The largest absolute Gasteiger partial charge is 0.370 e. The van der Waals surface area contributed by atoms with Crippen LogP contribution in [0.15, 0.2) is 40.3 Å². The van der Waals surface area contributed by atoms with Gasteiger partial charge in [-0.05, 0) is 32.6 Å². The van der Waals surface area contributed by atoms with E-state index in [4.69, 9.17) is 11.5 Å². The van der Waals surface area contributed by atoms with Gasteiger partial charge in [0, 0.05) is 6.54 Å². The lowest BCUT2D eigenvalue weighted by molar-refractivity contribution is 0.403. The number of nitrogens with one attached hydrogen (secondary N) is 1. The Kier molecular flexibility index (Phi) is 18.2. The van der Waals surface area contributed by atoms with Gasteiger partial charge in [0.05, 0.1) is 6.54 Å². The van der Waals surface area contributed by atoms with Crippen molar-refractivity contribution in [1.82, 2.24) is 10.2 Å². The summed E-state index contributed by atoms with van der Waals surface area (Å²) in [4.78, 5) is 10.5. The Balaban J connectivity index is -0.00000133. The lowest BCUT2D eigenvalue weighted by Gasteiger charge is -2.08. The Labute approximate surface area is 157 Å². The normalized spacial score (nSPS) is 11.1. The van der Waals surface area contributed by atoms with Crippen molar-refractivity contribution in [2.75, 3.05) is 27.2 Å². The summed E-state index contributed by atoms with van der Waals surface area (Å²) in [5, 5.41) is 2.78. The third-order valence-electron chi connectivity index (χ3n) is 2.58. The second-order valence-corrected chi connectivity index (χ2v) is 4.74. The van der Waals surface area contributed by atoms with E-state index in [1.54, 1.807) is 0 Å². The molecule has 9 heteroatoms. The van der Waals surface area contributed by atoms with Gasteiger partial charge in [0.15, 0.2) is 11.9 Å². The molecule has 0 spiro atoms. The predicted molar refractivity (Wildman–Crippen MR) is 106 cm³/mol. The molecule has 6 nitrogen and oxygen atoms in total. The molecule has 5 N–H and O–H groups in total. The topological polar surface area (TPSA) is 92.0 Å². The number of hydrogen-bond acceptors (Lipinski definition) is 3. The zero-order valence-electron chi connectivity index (χ0n) is 13.4. The lowest BCUT2D eigenvalue weighted by Crippen LogP contribution is -2.41. The molecule has 0 heterocycles. The highest BCUT2D eigenvalue weighted by Crippen LogP contribution is 1.99. The molecular weight excluding hydrogens is 359 g/mol. The molecule has 0 saturated carbocycles. The number of guanidine groups is 2. The van der Waals surface area contributed by atoms with Crippen molar-refractivity contribution < 1.29 is 0 Å². The van der Waals surface area contributed by atoms with Crippen LogP contribution in [-0.2, 0) is 6.54 Å². The molecule has 0 saturated heterocycles. The highest BCUT2D eigenvalue weighted by atomic mass is 35.5. The van der Waals surface area contributed by atoms with Gasteiger partial charge in [0.1, 0.15) is 0 Å². The third-order valence-corrected chi connectivity index (χ3v) is 2.58. The Morgan fingerprint density at radius 3 is 2.13 bits per heavy atom. The molecule has 0 aliphatic carbocycles. The SMILES string of the molecule is CN(C)CCCN=C(N)NC(N)=NCc1ccccc1.Cl.Cl.Cl. The van der Waals surface area contributed by atoms with Crippen LogP contribution in [0.2, 0.25) is 0 Å². The highest BCUT2D eigenvalue weighted by molar-refractivity contribution is 5.97. The lowest BCUT2D eigenvalue weighted by atomic mass is 10.2. The van der Waals surface area contributed by atoms with Gasteiger partial charge in [-0.2, -0.15) is 0 Å². The Morgan fingerprint density at radius 2 is 1.57 bits per heavy atom. The fraction of sp³-hybridized carbons (Fsp3) is 0.429. The van der Waals surface area contributed by atoms with E-state index in [1.807, 2.05) is 44.4 Å². The maximum atomic E-state index is 5.74. The van der Waals surface area contributed by atoms with Crippen molar-refractivity contribution in [3.8, 4) is 0 Å². The number of nitrogens with two attached hydrogens (primary N) is 2. The molecule has 0 amide bonds. The molecular formula is C14H27Cl3N6. The minimum Gasteiger partial charge on any atom is -0.370 e. The van der Waals surface area contributed by atoms with E-state index in [9.17, 15) is 0 Å². The van der Waals surface area contributed by atoms with Gasteiger partial charge in [-0.1, -0.05) is 30.3 Å². The van der Waals surface area contributed by atoms with Crippen LogP contribution in [0.1, 0.15) is 12.0 Å². The van der Waals surface area contributed by atoms with Crippen LogP contribution in [0.5, 0.6) is 0 Å². The average Bonchev–Trinajstić information content (AvgIpc) is 2.42. The summed E-state index contributed by atoms with van der Waals surface area (Å²) >= 11 is 0. The van der Waals surface area contributed by atoms with Gasteiger partial charge in [-0.15, -0.1) is 37.2 Å². The summed E-state index contributed by atoms with van der Waals surface area (Å²) in [5.41, 5.74) is 12.6. The predicted octanol–water partition coefficient (Wildman–Crippen LogP) is 1.62. The summed E-state index contributed by atoms with van der Waals surface area (Å²) in [5.74, 6) is 0.584. The molecule has 0 aliphatic heterocycles. The molecule has 1 rings (SSSR count). The standard InChI is InChI=1S/C14H24N6.3ClH/c1-20(2)10-6-9-17-13(15)19-14(16)18-11-12-7-4-3-5-8-12;;;/h3-5,7-8H,6,9-11H2,1-2H3,(H5,15,16,17,18,19);3*1H. The minimum atomic E-state index is 0. The van der Waals surface area contributed by atoms with Gasteiger partial charge in [0.2, 0.25) is 0 Å². The van der Waals surface area contributed by atoms with Crippen LogP contribution in [0.25, 0.3) is 0 Å². The van der Waals surface area contributed by atoms with Crippen molar-refractivity contribution in [2.24, 2.45) is 21.5 Å². The van der Waals surface area contributed by atoms with E-state index >= 15 is 0 Å². The number of benzene rings is 1. The number of rotatable bonds is 6. The van der Waals surface area contributed by atoms with Crippen LogP contribution in [0.4, 0.5) is 0 Å². The average molecular weight is 386 g/mol. The summed E-state index contributed by atoms with van der Waals surface area (Å²) in [7, 11) is 4.05. The fourth-order valence-corrected chi connectivity index (χ4v) is 1.56. The molecule has 1 aromatic rings. The third kappa shape index (κ3) is 14.1.